The molecule has 1 saturated heterocycles. The first-order chi connectivity index (χ1) is 64.3. The van der Waals surface area contributed by atoms with Crippen LogP contribution in [0, 0.1) is 6.07 Å². The Morgan fingerprint density at radius 2 is 0.360 bits per heavy atom. The molecule has 0 N–H and O–H groups in total. The van der Waals surface area contributed by atoms with Crippen molar-refractivity contribution in [1.82, 2.24) is 0 Å². The predicted molar refractivity (Wildman–Crippen MR) is 615 cm³/mol. The van der Waals surface area contributed by atoms with Crippen molar-refractivity contribution in [2.45, 2.75) is 12.8 Å². The zero-order valence-electron chi connectivity index (χ0n) is 74.7. The number of halogens is 13. The molecule has 24 heteroatoms. The molecule has 0 radical (unpaired) electrons. The monoisotopic (exact) mass is 2570 g/mol. The van der Waals surface area contributed by atoms with Gasteiger partial charge in [-0.2, -0.15) is 30.3 Å². The standard InChI is InChI=1S/2C36H24Br3OP.C12H8Br2.C12H8Br.C12H10OP.C4H8O.BrH.Cl3OP.2Mg.2H/c2*37-31-13-1-25(2-14-31)28-7-19-34(20-8-28)41(40,35-21-9-29(10-22-35)26-3-15-32(38)16-4-26)36-23-11-30(12-24-36)27-5-17-33(39)18-6-27;13-11-5-1-9(2-6-11)10-3-7-12(14)8-4-10;13-12-8-6-11(7-9-12)10-4-2-1-3-5-10;13-14(11-7-3-1-4-8-11)12-9-5-2-6-10-12;1-2-4-5-3-1;;1-5(2,3)4;;;;/h2*1-24H;1-8H;2-9H;1-10H;1-4H2;1H;;;;;/q;;;-1;+1;;;;2*+2;2*-1/p-1. The van der Waals surface area contributed by atoms with Crippen LogP contribution in [0.25, 0.3) is 89.0 Å². The molecule has 0 unspecified atom stereocenters. The molecular formula is C112H84Br10Cl3Mg2O5P4+. The normalized spacial score (nSPS) is 11.2. The average Bonchev–Trinajstić information content (AvgIpc) is 1.04. The molecule has 0 atom stereocenters. The van der Waals surface area contributed by atoms with Gasteiger partial charge in [-0.15, -0.1) is 5.56 Å². The summed E-state index contributed by atoms with van der Waals surface area (Å²) in [6.07, 6.45) is 2.56. The zero-order chi connectivity index (χ0) is 93.7. The van der Waals surface area contributed by atoms with Gasteiger partial charge in [0, 0.05) is 85.3 Å². The maximum Gasteiger partial charge on any atom is 2.00 e. The van der Waals surface area contributed by atoms with E-state index in [4.69, 9.17) is 4.74 Å². The van der Waals surface area contributed by atoms with Gasteiger partial charge in [0.05, 0.1) is 0 Å². The molecule has 0 saturated carbocycles. The Morgan fingerprint density at radius 3 is 0.493 bits per heavy atom. The summed E-state index contributed by atoms with van der Waals surface area (Å²) in [6, 6.07) is 153. The molecule has 5 nitrogen and oxygen atoms in total. The molecule has 676 valence electrons. The van der Waals surface area contributed by atoms with Gasteiger partial charge in [0.15, 0.2) is 24.9 Å². The first-order valence-electron chi connectivity index (χ1n) is 41.8. The third kappa shape index (κ3) is 33.3. The number of hydrogen-bond acceptors (Lipinski definition) is 5. The third-order valence-corrected chi connectivity index (χ3v) is 33.6. The number of ether oxygens (including phenoxy) is 1. The van der Waals surface area contributed by atoms with Gasteiger partial charge in [0.2, 0.25) is 0 Å². The van der Waals surface area contributed by atoms with Crippen molar-refractivity contribution in [2.75, 3.05) is 13.2 Å². The Bertz CT molecular complexity index is 6110. The SMILES string of the molecule is Brc1ccc(-c2cc[c-]cc2)cc1.Brc1ccc(-c2ccc(Br)cc2)cc1.C1CCOC1.O=P(Cl)(Cl)Cl.O=P(c1ccc(-c2ccc(Br)cc2)cc1)(c1ccc(-c2ccc(Br)cc2)cc1)c1ccc(-c2ccc(Br)cc2)cc1.O=P(c1ccc(-c2ccc(Br)cc2)cc1)(c1ccc(-c2ccc(Br)cc2)cc1)c1ccc(-c2ccc(Br)cc2)cc1.O=[P+](c1ccccc1)c1ccccc1.[Br-].[H-].[H-].[Mg+2].[Mg+2]. The summed E-state index contributed by atoms with van der Waals surface area (Å²) in [5.74, 6) is 0. The number of rotatable bonds is 16. The second-order valence-corrected chi connectivity index (χ2v) is 52.1. The minimum absolute atomic E-state index is 0. The van der Waals surface area contributed by atoms with Crippen molar-refractivity contribution in [2.24, 2.45) is 0 Å². The minimum Gasteiger partial charge on any atom is -1.00 e. The molecule has 0 bridgehead atoms. The van der Waals surface area contributed by atoms with E-state index < -0.39 is 27.3 Å². The summed E-state index contributed by atoms with van der Waals surface area (Å²) in [5, 5.41) is 3.41. The van der Waals surface area contributed by atoms with Gasteiger partial charge in [0.1, 0.15) is 0 Å². The number of hydrogen-bond donors (Lipinski definition) is 0. The summed E-state index contributed by atoms with van der Waals surface area (Å²) in [7, 11) is -7.73. The Hall–Kier alpha value is -6.09. The molecule has 0 spiro atoms. The van der Waals surface area contributed by atoms with Crippen molar-refractivity contribution in [3.63, 3.8) is 0 Å². The molecule has 18 aromatic rings. The fourth-order valence-electron chi connectivity index (χ4n) is 14.2. The summed E-state index contributed by atoms with van der Waals surface area (Å²) in [4.78, 5) is 0. The molecule has 1 aliphatic rings. The van der Waals surface area contributed by atoms with E-state index in [0.29, 0.717) is 0 Å². The van der Waals surface area contributed by atoms with Crippen LogP contribution in [0.1, 0.15) is 15.7 Å². The fourth-order valence-corrected chi connectivity index (χ4v) is 23.0. The molecular weight excluding hydrogens is 2500 g/mol. The maximum atomic E-state index is 15.3. The van der Waals surface area contributed by atoms with E-state index in [1.807, 2.05) is 231 Å². The van der Waals surface area contributed by atoms with Gasteiger partial charge in [-0.05, 0) is 263 Å². The van der Waals surface area contributed by atoms with Crippen molar-refractivity contribution < 1.29 is 42.8 Å². The smallest absolute Gasteiger partial charge is 1.00 e. The Balaban J connectivity index is 0.000000221. The van der Waals surface area contributed by atoms with Gasteiger partial charge in [0.25, 0.3) is 0 Å². The number of benzene rings is 18. The molecule has 1 aliphatic heterocycles. The van der Waals surface area contributed by atoms with Crippen molar-refractivity contribution >= 4 is 293 Å². The summed E-state index contributed by atoms with van der Waals surface area (Å²) in [5.41, 5.74) is 18.2. The molecule has 0 aromatic heterocycles. The summed E-state index contributed by atoms with van der Waals surface area (Å²) < 4.78 is 66.6. The van der Waals surface area contributed by atoms with Crippen LogP contribution in [0.3, 0.4) is 0 Å². The molecule has 18 aromatic carbocycles. The Kier molecular flexibility index (Phi) is 46.1. The van der Waals surface area contributed by atoms with Crippen LogP contribution >= 0.6 is 204 Å². The van der Waals surface area contributed by atoms with E-state index in [9.17, 15) is 9.13 Å². The van der Waals surface area contributed by atoms with Gasteiger partial charge in [-0.1, -0.05) is 439 Å². The van der Waals surface area contributed by atoms with E-state index in [-0.39, 0.29) is 65.9 Å². The Labute approximate surface area is 934 Å². The quantitative estimate of drug-likeness (QED) is 0.0547. The molecule has 0 amide bonds. The van der Waals surface area contributed by atoms with Crippen molar-refractivity contribution in [1.29, 1.82) is 0 Å². The largest absolute Gasteiger partial charge is 2.00 e. The van der Waals surface area contributed by atoms with Crippen LogP contribution in [0.15, 0.2) is 489 Å². The van der Waals surface area contributed by atoms with Crippen LogP contribution in [-0.2, 0) is 23.0 Å². The summed E-state index contributed by atoms with van der Waals surface area (Å²) in [6.45, 7) is 2.00. The predicted octanol–water partition coefficient (Wildman–Crippen LogP) is 32.6. The van der Waals surface area contributed by atoms with Crippen LogP contribution in [-0.4, -0.2) is 59.3 Å². The first-order valence-corrected chi connectivity index (χ1v) is 58.0. The second-order valence-electron chi connectivity index (χ2n) is 30.0. The van der Waals surface area contributed by atoms with Crippen LogP contribution in [0.4, 0.5) is 0 Å². The van der Waals surface area contributed by atoms with Crippen molar-refractivity contribution in [3.8, 4) is 89.0 Å². The Morgan fingerprint density at radius 1 is 0.228 bits per heavy atom. The van der Waals surface area contributed by atoms with E-state index in [2.05, 4.69) is 402 Å². The average molecular weight is 2590 g/mol. The first kappa shape index (κ1) is 112. The van der Waals surface area contributed by atoms with Gasteiger partial charge in [-0.25, -0.2) is 0 Å². The van der Waals surface area contributed by atoms with E-state index in [1.165, 1.54) is 35.1 Å². The minimum atomic E-state index is -3.22. The van der Waals surface area contributed by atoms with E-state index in [1.54, 1.807) is 0 Å². The molecule has 1 fully saturated rings. The zero-order valence-corrected chi connectivity index (χ0v) is 97.2. The molecule has 136 heavy (non-hydrogen) atoms. The van der Waals surface area contributed by atoms with Gasteiger partial charge >= 0.3 is 59.1 Å². The van der Waals surface area contributed by atoms with Crippen LogP contribution in [0.2, 0.25) is 0 Å². The van der Waals surface area contributed by atoms with Gasteiger partial charge < -0.3 is 33.7 Å². The van der Waals surface area contributed by atoms with Crippen molar-refractivity contribution in [3.05, 3.63) is 495 Å². The summed E-state index contributed by atoms with van der Waals surface area (Å²) >= 11 is 45.2. The van der Waals surface area contributed by atoms with Crippen LogP contribution in [0.5, 0.6) is 0 Å². The maximum absolute atomic E-state index is 15.3. The molecule has 0 aliphatic carbocycles. The fraction of sp³-hybridized carbons (Fsp3) is 0.0357. The second kappa shape index (κ2) is 56.1. The van der Waals surface area contributed by atoms with E-state index in [0.717, 1.165) is 163 Å². The van der Waals surface area contributed by atoms with Crippen LogP contribution < -0.4 is 59.4 Å². The van der Waals surface area contributed by atoms with E-state index >= 15 is 9.13 Å². The third-order valence-electron chi connectivity index (χ3n) is 21.2. The topological polar surface area (TPSA) is 77.5 Å². The molecule has 1 heterocycles. The molecule has 19 rings (SSSR count). The van der Waals surface area contributed by atoms with Gasteiger partial charge in [-0.3, -0.25) is 4.57 Å².